The van der Waals surface area contributed by atoms with Gasteiger partial charge in [0.15, 0.2) is 0 Å². The van der Waals surface area contributed by atoms with Crippen molar-refractivity contribution < 1.29 is 9.59 Å². The minimum atomic E-state index is -0.700. The maximum absolute atomic E-state index is 13.5. The van der Waals surface area contributed by atoms with Gasteiger partial charge >= 0.3 is 6.03 Å². The van der Waals surface area contributed by atoms with E-state index >= 15 is 0 Å². The van der Waals surface area contributed by atoms with Gasteiger partial charge in [0.2, 0.25) is 5.91 Å². The topological polar surface area (TPSA) is 61.4 Å². The van der Waals surface area contributed by atoms with Crippen LogP contribution in [0.1, 0.15) is 16.7 Å². The molecular weight excluding hydrogens is 410 g/mol. The molecule has 1 atom stereocenters. The highest BCUT2D eigenvalue weighted by atomic mass is 35.5. The normalized spacial score (nSPS) is 13.4. The monoisotopic (exact) mass is 433 g/mol. The van der Waals surface area contributed by atoms with Crippen molar-refractivity contribution in [1.82, 2.24) is 5.32 Å². The van der Waals surface area contributed by atoms with Crippen LogP contribution in [0, 0.1) is 6.92 Å². The smallest absolute Gasteiger partial charge is 0.319 e. The van der Waals surface area contributed by atoms with Gasteiger partial charge in [0.1, 0.15) is 6.04 Å². The van der Waals surface area contributed by atoms with Crippen LogP contribution in [-0.4, -0.2) is 24.5 Å². The summed E-state index contributed by atoms with van der Waals surface area (Å²) in [5.41, 5.74) is 4.54. The summed E-state index contributed by atoms with van der Waals surface area (Å²) in [5.74, 6) is -0.120. The molecule has 0 radical (unpaired) electrons. The Morgan fingerprint density at radius 1 is 1.03 bits per heavy atom. The fraction of sp³-hybridized carbons (Fsp3) is 0.200. The average molecular weight is 434 g/mol. The summed E-state index contributed by atoms with van der Waals surface area (Å²) in [6.45, 7) is 2.51. The second-order valence-electron chi connectivity index (χ2n) is 7.67. The molecule has 0 spiro atoms. The summed E-state index contributed by atoms with van der Waals surface area (Å²) < 4.78 is 0. The number of halogens is 1. The molecule has 31 heavy (non-hydrogen) atoms. The number of aryl methyl sites for hydroxylation is 1. The number of amides is 3. The van der Waals surface area contributed by atoms with Crippen LogP contribution >= 0.6 is 11.6 Å². The van der Waals surface area contributed by atoms with E-state index in [0.717, 1.165) is 28.8 Å². The molecule has 6 heteroatoms. The molecule has 1 aliphatic rings. The number of rotatable bonds is 5. The van der Waals surface area contributed by atoms with Crippen LogP contribution in [-0.2, 0) is 17.6 Å². The number of anilines is 2. The predicted molar refractivity (Wildman–Crippen MR) is 125 cm³/mol. The number of hydrogen-bond donors (Lipinski definition) is 2. The summed E-state index contributed by atoms with van der Waals surface area (Å²) in [7, 11) is 0. The number of nitrogens with zero attached hydrogens (tertiary/aromatic N) is 1. The van der Waals surface area contributed by atoms with Gasteiger partial charge in [0.05, 0.1) is 0 Å². The van der Waals surface area contributed by atoms with Gasteiger partial charge < -0.3 is 15.5 Å². The van der Waals surface area contributed by atoms with E-state index < -0.39 is 12.1 Å². The van der Waals surface area contributed by atoms with Gasteiger partial charge in [-0.3, -0.25) is 4.79 Å². The standard InChI is InChI=1S/C25H24ClN3O2/c1-17-11-12-20(16-21(17)26)27-25(31)28-22(15-18-7-3-2-4-8-18)24(30)29-14-13-19-9-5-6-10-23(19)29/h2-12,16,22H,13-15H2,1H3,(H2,27,28,31)/t22-/m1/s1. The zero-order chi connectivity index (χ0) is 21.8. The van der Waals surface area contributed by atoms with Crippen molar-refractivity contribution in [3.05, 3.63) is 94.5 Å². The highest BCUT2D eigenvalue weighted by molar-refractivity contribution is 6.31. The molecule has 0 bridgehead atoms. The Labute approximate surface area is 187 Å². The average Bonchev–Trinajstić information content (AvgIpc) is 3.20. The van der Waals surface area contributed by atoms with Crippen molar-refractivity contribution in [3.8, 4) is 0 Å². The van der Waals surface area contributed by atoms with E-state index in [0.29, 0.717) is 23.7 Å². The van der Waals surface area contributed by atoms with Crippen LogP contribution in [0.5, 0.6) is 0 Å². The molecule has 0 saturated carbocycles. The highest BCUT2D eigenvalue weighted by Gasteiger charge is 2.31. The fourth-order valence-electron chi connectivity index (χ4n) is 3.80. The van der Waals surface area contributed by atoms with Crippen molar-refractivity contribution in [2.75, 3.05) is 16.8 Å². The van der Waals surface area contributed by atoms with Crippen molar-refractivity contribution in [1.29, 1.82) is 0 Å². The number of carbonyl (C=O) groups excluding carboxylic acids is 2. The van der Waals surface area contributed by atoms with Gasteiger partial charge in [-0.15, -0.1) is 0 Å². The van der Waals surface area contributed by atoms with Gasteiger partial charge in [-0.25, -0.2) is 4.79 Å². The van der Waals surface area contributed by atoms with E-state index in [1.807, 2.05) is 67.6 Å². The van der Waals surface area contributed by atoms with Crippen LogP contribution in [0.4, 0.5) is 16.2 Å². The third kappa shape index (κ3) is 4.89. The van der Waals surface area contributed by atoms with Crippen molar-refractivity contribution in [3.63, 3.8) is 0 Å². The van der Waals surface area contributed by atoms with Crippen LogP contribution in [0.2, 0.25) is 5.02 Å². The lowest BCUT2D eigenvalue weighted by Gasteiger charge is -2.25. The Bertz CT molecular complexity index is 1100. The Morgan fingerprint density at radius 3 is 2.55 bits per heavy atom. The van der Waals surface area contributed by atoms with Crippen LogP contribution in [0.15, 0.2) is 72.8 Å². The first-order valence-electron chi connectivity index (χ1n) is 10.3. The van der Waals surface area contributed by atoms with Crippen molar-refractivity contribution >= 4 is 34.9 Å². The summed E-state index contributed by atoms with van der Waals surface area (Å²) in [6, 6.07) is 21.8. The van der Waals surface area contributed by atoms with Gasteiger partial charge in [-0.1, -0.05) is 66.2 Å². The van der Waals surface area contributed by atoms with Crippen LogP contribution in [0.25, 0.3) is 0 Å². The summed E-state index contributed by atoms with van der Waals surface area (Å²) in [5, 5.41) is 6.23. The Balaban J connectivity index is 1.53. The highest BCUT2D eigenvalue weighted by Crippen LogP contribution is 2.28. The third-order valence-electron chi connectivity index (χ3n) is 5.47. The summed E-state index contributed by atoms with van der Waals surface area (Å²) in [4.78, 5) is 28.0. The van der Waals surface area contributed by atoms with E-state index in [4.69, 9.17) is 11.6 Å². The predicted octanol–water partition coefficient (Wildman–Crippen LogP) is 4.97. The molecule has 3 amide bonds. The zero-order valence-corrected chi connectivity index (χ0v) is 18.0. The minimum Gasteiger partial charge on any atom is -0.326 e. The van der Waals surface area contributed by atoms with Gasteiger partial charge in [-0.2, -0.15) is 0 Å². The minimum absolute atomic E-state index is 0.120. The first-order valence-corrected chi connectivity index (χ1v) is 10.7. The SMILES string of the molecule is Cc1ccc(NC(=O)N[C@H](Cc2ccccc2)C(=O)N2CCc3ccccc32)cc1Cl. The fourth-order valence-corrected chi connectivity index (χ4v) is 3.98. The second-order valence-corrected chi connectivity index (χ2v) is 8.08. The number of urea groups is 1. The maximum Gasteiger partial charge on any atom is 0.319 e. The molecule has 1 aliphatic heterocycles. The first kappa shape index (κ1) is 20.9. The van der Waals surface area contributed by atoms with Crippen molar-refractivity contribution in [2.24, 2.45) is 0 Å². The number of para-hydroxylation sites is 1. The molecule has 4 rings (SSSR count). The Kier molecular flexibility index (Phi) is 6.23. The molecule has 3 aromatic carbocycles. The molecule has 2 N–H and O–H groups in total. The lowest BCUT2D eigenvalue weighted by atomic mass is 10.0. The third-order valence-corrected chi connectivity index (χ3v) is 5.88. The van der Waals surface area contributed by atoms with Crippen LogP contribution in [0.3, 0.4) is 0 Å². The maximum atomic E-state index is 13.5. The van der Waals surface area contributed by atoms with Gasteiger partial charge in [-0.05, 0) is 48.2 Å². The molecule has 5 nitrogen and oxygen atoms in total. The van der Waals surface area contributed by atoms with E-state index in [9.17, 15) is 9.59 Å². The molecule has 0 aliphatic carbocycles. The largest absolute Gasteiger partial charge is 0.326 e. The molecule has 0 saturated heterocycles. The van der Waals surface area contributed by atoms with E-state index in [1.54, 1.807) is 17.0 Å². The Morgan fingerprint density at radius 2 is 1.77 bits per heavy atom. The molecule has 158 valence electrons. The lowest BCUT2D eigenvalue weighted by Crippen LogP contribution is -2.50. The van der Waals surface area contributed by atoms with E-state index in [1.165, 1.54) is 0 Å². The number of nitrogens with one attached hydrogen (secondary N) is 2. The van der Waals surface area contributed by atoms with Crippen LogP contribution < -0.4 is 15.5 Å². The lowest BCUT2D eigenvalue weighted by molar-refractivity contribution is -0.120. The van der Waals surface area contributed by atoms with Gasteiger partial charge in [0, 0.05) is 29.4 Å². The molecule has 0 fully saturated rings. The number of fused-ring (bicyclic) bond motifs is 1. The quantitative estimate of drug-likeness (QED) is 0.596. The molecule has 1 heterocycles. The summed E-state index contributed by atoms with van der Waals surface area (Å²) in [6.07, 6.45) is 1.22. The summed E-state index contributed by atoms with van der Waals surface area (Å²) >= 11 is 6.16. The number of hydrogen-bond acceptors (Lipinski definition) is 2. The molecular formula is C25H24ClN3O2. The van der Waals surface area contributed by atoms with Gasteiger partial charge in [0.25, 0.3) is 0 Å². The molecule has 0 unspecified atom stereocenters. The number of carbonyl (C=O) groups is 2. The molecule has 3 aromatic rings. The number of benzene rings is 3. The van der Waals surface area contributed by atoms with E-state index in [-0.39, 0.29) is 5.91 Å². The molecule has 0 aromatic heterocycles. The van der Waals surface area contributed by atoms with Crippen molar-refractivity contribution in [2.45, 2.75) is 25.8 Å². The van der Waals surface area contributed by atoms with E-state index in [2.05, 4.69) is 10.6 Å². The Hall–Kier alpha value is -3.31. The first-order chi connectivity index (χ1) is 15.0. The zero-order valence-electron chi connectivity index (χ0n) is 17.3. The second kappa shape index (κ2) is 9.23.